The maximum Gasteiger partial charge on any atom is 0.417 e. The summed E-state index contributed by atoms with van der Waals surface area (Å²) in [5, 5.41) is 16.3. The molecular weight excluding hydrogens is 510 g/mol. The van der Waals surface area contributed by atoms with E-state index in [1.165, 1.54) is 35.4 Å². The molecule has 1 fully saturated rings. The number of primary amides is 1. The summed E-state index contributed by atoms with van der Waals surface area (Å²) in [4.78, 5) is 37.4. The standard InChI is InChI=1S/C17H15F3N4O3.C8H8FNO/c18-17(19,20)12-4-2-1-3-11(12)15(25)24-9-7-23(8-10-24)13-5-6-21-22-14(13)16(26)27;1-5-2-6(8(10)11)4-7(9)3-5/h1-6H,7-10H2,(H,26,27);2-4H,1H3,(H2,10,11). The maximum atomic E-state index is 13.1. The highest BCUT2D eigenvalue weighted by Crippen LogP contribution is 2.32. The first-order valence-electron chi connectivity index (χ1n) is 11.2. The number of carbonyl (C=O) groups excluding carboxylic acids is 2. The Morgan fingerprint density at radius 3 is 2.24 bits per heavy atom. The third kappa shape index (κ3) is 6.81. The number of halogens is 4. The fraction of sp³-hybridized carbons (Fsp3) is 0.240. The van der Waals surface area contributed by atoms with Gasteiger partial charge in [-0.25, -0.2) is 9.18 Å². The molecule has 2 amide bonds. The fourth-order valence-electron chi connectivity index (χ4n) is 3.85. The van der Waals surface area contributed by atoms with E-state index >= 15 is 0 Å². The zero-order valence-corrected chi connectivity index (χ0v) is 20.1. The SMILES string of the molecule is Cc1cc(F)cc(C(N)=O)c1.O=C(O)c1nnccc1N1CCN(C(=O)c2ccccc2C(F)(F)F)CC1. The highest BCUT2D eigenvalue weighted by Gasteiger charge is 2.36. The molecule has 9 nitrogen and oxygen atoms in total. The Hall–Kier alpha value is -4.55. The van der Waals surface area contributed by atoms with Crippen LogP contribution in [-0.2, 0) is 6.18 Å². The highest BCUT2D eigenvalue weighted by atomic mass is 19.4. The number of aromatic nitrogens is 2. The van der Waals surface area contributed by atoms with Crippen molar-refractivity contribution in [1.29, 1.82) is 0 Å². The molecule has 0 bridgehead atoms. The van der Waals surface area contributed by atoms with Gasteiger partial charge in [0.25, 0.3) is 5.91 Å². The number of nitrogens with two attached hydrogens (primary N) is 1. The van der Waals surface area contributed by atoms with Crippen LogP contribution in [0.1, 0.15) is 42.3 Å². The minimum atomic E-state index is -4.62. The molecule has 1 saturated heterocycles. The first-order chi connectivity index (χ1) is 17.9. The second-order valence-corrected chi connectivity index (χ2v) is 8.27. The van der Waals surface area contributed by atoms with E-state index in [9.17, 15) is 37.1 Å². The molecule has 3 N–H and O–H groups in total. The van der Waals surface area contributed by atoms with Gasteiger partial charge in [0.1, 0.15) is 5.82 Å². The van der Waals surface area contributed by atoms with Gasteiger partial charge in [0.15, 0.2) is 5.69 Å². The molecule has 1 aliphatic heterocycles. The van der Waals surface area contributed by atoms with E-state index in [4.69, 9.17) is 5.73 Å². The van der Waals surface area contributed by atoms with E-state index in [1.54, 1.807) is 17.9 Å². The molecule has 0 aliphatic carbocycles. The number of piperazine rings is 1. The predicted octanol–water partition coefficient (Wildman–Crippen LogP) is 3.39. The lowest BCUT2D eigenvalue weighted by Gasteiger charge is -2.36. The Bertz CT molecular complexity index is 1320. The Labute approximate surface area is 214 Å². The molecule has 4 rings (SSSR count). The largest absolute Gasteiger partial charge is 0.476 e. The van der Waals surface area contributed by atoms with E-state index in [2.05, 4.69) is 10.2 Å². The van der Waals surface area contributed by atoms with Crippen LogP contribution in [-0.4, -0.2) is 64.2 Å². The highest BCUT2D eigenvalue weighted by molar-refractivity contribution is 5.96. The molecule has 38 heavy (non-hydrogen) atoms. The van der Waals surface area contributed by atoms with Gasteiger partial charge in [0.05, 0.1) is 23.0 Å². The molecule has 2 heterocycles. The fourth-order valence-corrected chi connectivity index (χ4v) is 3.85. The van der Waals surface area contributed by atoms with Crippen LogP contribution in [0.3, 0.4) is 0 Å². The number of anilines is 1. The normalized spacial score (nSPS) is 13.4. The van der Waals surface area contributed by atoms with Crippen LogP contribution in [0, 0.1) is 12.7 Å². The number of amides is 2. The topological polar surface area (TPSA) is 130 Å². The number of alkyl halides is 3. The summed E-state index contributed by atoms with van der Waals surface area (Å²) in [6.45, 7) is 2.56. The van der Waals surface area contributed by atoms with Gasteiger partial charge in [0, 0.05) is 31.7 Å². The summed E-state index contributed by atoms with van der Waals surface area (Å²) >= 11 is 0. The monoisotopic (exact) mass is 533 g/mol. The lowest BCUT2D eigenvalue weighted by atomic mass is 10.1. The van der Waals surface area contributed by atoms with Gasteiger partial charge in [-0.1, -0.05) is 12.1 Å². The summed E-state index contributed by atoms with van der Waals surface area (Å²) in [6, 6.07) is 10.2. The summed E-state index contributed by atoms with van der Waals surface area (Å²) in [5.41, 5.74) is 4.64. The van der Waals surface area contributed by atoms with Gasteiger partial charge < -0.3 is 20.6 Å². The van der Waals surface area contributed by atoms with Crippen molar-refractivity contribution < 1.29 is 37.1 Å². The van der Waals surface area contributed by atoms with Gasteiger partial charge in [-0.2, -0.15) is 18.3 Å². The van der Waals surface area contributed by atoms with E-state index < -0.39 is 40.9 Å². The number of carboxylic acids is 1. The minimum Gasteiger partial charge on any atom is -0.476 e. The summed E-state index contributed by atoms with van der Waals surface area (Å²) < 4.78 is 52.0. The number of hydrogen-bond acceptors (Lipinski definition) is 6. The van der Waals surface area contributed by atoms with E-state index in [0.29, 0.717) is 11.3 Å². The second-order valence-electron chi connectivity index (χ2n) is 8.27. The molecule has 2 aromatic carbocycles. The zero-order valence-electron chi connectivity index (χ0n) is 20.1. The number of benzene rings is 2. The van der Waals surface area contributed by atoms with Crippen LogP contribution < -0.4 is 10.6 Å². The lowest BCUT2D eigenvalue weighted by molar-refractivity contribution is -0.138. The molecule has 1 aliphatic rings. The summed E-state index contributed by atoms with van der Waals surface area (Å²) in [7, 11) is 0. The van der Waals surface area contributed by atoms with Crippen molar-refractivity contribution in [2.75, 3.05) is 31.1 Å². The zero-order chi connectivity index (χ0) is 28.0. The molecule has 0 radical (unpaired) electrons. The van der Waals surface area contributed by atoms with Gasteiger partial charge in [-0.3, -0.25) is 9.59 Å². The molecule has 13 heteroatoms. The number of hydrogen-bond donors (Lipinski definition) is 2. The number of rotatable bonds is 4. The van der Waals surface area contributed by atoms with Crippen LogP contribution in [0.25, 0.3) is 0 Å². The molecule has 3 aromatic rings. The number of carboxylic acid groups (broad SMARTS) is 1. The van der Waals surface area contributed by atoms with Gasteiger partial charge in [0.2, 0.25) is 5.91 Å². The van der Waals surface area contributed by atoms with Crippen molar-refractivity contribution in [3.05, 3.63) is 88.5 Å². The van der Waals surface area contributed by atoms with Crippen LogP contribution in [0.15, 0.2) is 54.7 Å². The summed E-state index contributed by atoms with van der Waals surface area (Å²) in [6.07, 6.45) is -3.26. The molecule has 1 aromatic heterocycles. The number of carbonyl (C=O) groups is 3. The Morgan fingerprint density at radius 2 is 1.66 bits per heavy atom. The van der Waals surface area contributed by atoms with Gasteiger partial charge in [-0.15, -0.1) is 5.10 Å². The van der Waals surface area contributed by atoms with Crippen molar-refractivity contribution in [1.82, 2.24) is 15.1 Å². The van der Waals surface area contributed by atoms with Gasteiger partial charge in [-0.05, 0) is 48.9 Å². The first-order valence-corrected chi connectivity index (χ1v) is 11.2. The van der Waals surface area contributed by atoms with Crippen molar-refractivity contribution in [2.24, 2.45) is 5.73 Å². The minimum absolute atomic E-state index is 0.159. The lowest BCUT2D eigenvalue weighted by Crippen LogP contribution is -2.49. The van der Waals surface area contributed by atoms with Crippen LogP contribution in [0.5, 0.6) is 0 Å². The van der Waals surface area contributed by atoms with Crippen LogP contribution in [0.2, 0.25) is 0 Å². The van der Waals surface area contributed by atoms with Crippen molar-refractivity contribution in [2.45, 2.75) is 13.1 Å². The Balaban J connectivity index is 0.000000304. The second kappa shape index (κ2) is 11.7. The van der Waals surface area contributed by atoms with Crippen molar-refractivity contribution in [3.63, 3.8) is 0 Å². The van der Waals surface area contributed by atoms with Crippen LogP contribution >= 0.6 is 0 Å². The third-order valence-electron chi connectivity index (χ3n) is 5.60. The van der Waals surface area contributed by atoms with E-state index in [1.807, 2.05) is 0 Å². The van der Waals surface area contributed by atoms with Crippen molar-refractivity contribution >= 4 is 23.5 Å². The van der Waals surface area contributed by atoms with Crippen LogP contribution in [0.4, 0.5) is 23.2 Å². The molecule has 200 valence electrons. The number of aryl methyl sites for hydroxylation is 1. The predicted molar refractivity (Wildman–Crippen MR) is 128 cm³/mol. The van der Waals surface area contributed by atoms with Gasteiger partial charge >= 0.3 is 12.1 Å². The molecular formula is C25H23F4N5O4. The first kappa shape index (κ1) is 28.0. The quantitative estimate of drug-likeness (QED) is 0.492. The average Bonchev–Trinajstić information content (AvgIpc) is 2.87. The smallest absolute Gasteiger partial charge is 0.417 e. The molecule has 0 saturated carbocycles. The van der Waals surface area contributed by atoms with Crippen molar-refractivity contribution in [3.8, 4) is 0 Å². The number of nitrogens with zero attached hydrogens (tertiary/aromatic N) is 4. The molecule has 0 atom stereocenters. The molecule has 0 unspecified atom stereocenters. The summed E-state index contributed by atoms with van der Waals surface area (Å²) in [5.74, 6) is -2.96. The average molecular weight is 533 g/mol. The Kier molecular flexibility index (Phi) is 8.61. The van der Waals surface area contributed by atoms with E-state index in [0.717, 1.165) is 18.2 Å². The van der Waals surface area contributed by atoms with E-state index in [-0.39, 0.29) is 37.4 Å². The molecule has 0 spiro atoms. The number of aromatic carboxylic acids is 1. The maximum absolute atomic E-state index is 13.1. The third-order valence-corrected chi connectivity index (χ3v) is 5.60. The Morgan fingerprint density at radius 1 is 1.00 bits per heavy atom.